The van der Waals surface area contributed by atoms with Crippen LogP contribution in [0.4, 0.5) is 4.79 Å². The lowest BCUT2D eigenvalue weighted by Crippen LogP contribution is -2.55. The van der Waals surface area contributed by atoms with Crippen molar-refractivity contribution >= 4 is 13.7 Å². The van der Waals surface area contributed by atoms with Gasteiger partial charge in [0.2, 0.25) is 7.85 Å². The molecular weight excluding hydrogens is 489 g/mol. The average Bonchev–Trinajstić information content (AvgIpc) is 2.96. The van der Waals surface area contributed by atoms with Crippen LogP contribution in [0.25, 0.3) is 0 Å². The van der Waals surface area contributed by atoms with Crippen molar-refractivity contribution in [1.29, 1.82) is 5.26 Å². The number of aryl methyl sites for hydroxylation is 1. The topological polar surface area (TPSA) is 92.6 Å². The molecule has 0 heterocycles. The number of amides is 1. The van der Waals surface area contributed by atoms with Gasteiger partial charge in [-0.2, -0.15) is 5.26 Å². The van der Waals surface area contributed by atoms with E-state index in [0.717, 1.165) is 24.0 Å². The van der Waals surface area contributed by atoms with Gasteiger partial charge >= 0.3 is 0 Å². The maximum atomic E-state index is 12.1. The van der Waals surface area contributed by atoms with Gasteiger partial charge in [0, 0.05) is 19.7 Å². The van der Waals surface area contributed by atoms with E-state index in [4.69, 9.17) is 22.1 Å². The summed E-state index contributed by atoms with van der Waals surface area (Å²) in [6.45, 7) is 1.39. The summed E-state index contributed by atoms with van der Waals surface area (Å²) in [7, 11) is 7.25. The number of ether oxygens (including phenoxy) is 3. The molecule has 0 saturated heterocycles. The van der Waals surface area contributed by atoms with Gasteiger partial charge in [0.1, 0.15) is 6.79 Å². The summed E-state index contributed by atoms with van der Waals surface area (Å²) in [4.78, 5) is 12.1. The van der Waals surface area contributed by atoms with Crippen LogP contribution in [0.2, 0.25) is 0 Å². The fourth-order valence-electron chi connectivity index (χ4n) is 4.49. The minimum Gasteiger partial charge on any atom is -0.382 e. The van der Waals surface area contributed by atoms with Gasteiger partial charge in [-0.1, -0.05) is 72.8 Å². The van der Waals surface area contributed by atoms with Crippen LogP contribution in [0.15, 0.2) is 84.9 Å². The Labute approximate surface area is 232 Å². The Morgan fingerprint density at radius 1 is 0.923 bits per heavy atom. The molecule has 0 aromatic heterocycles. The minimum atomic E-state index is -0.617. The lowest BCUT2D eigenvalue weighted by atomic mass is 9.91. The van der Waals surface area contributed by atoms with Crippen LogP contribution in [-0.2, 0) is 33.6 Å². The Morgan fingerprint density at radius 3 is 2.28 bits per heavy atom. The molecule has 0 aliphatic rings. The lowest BCUT2D eigenvalue weighted by molar-refractivity contribution is -0.116. The van der Waals surface area contributed by atoms with Gasteiger partial charge < -0.3 is 24.8 Å². The molecule has 2 radical (unpaired) electrons. The van der Waals surface area contributed by atoms with Crippen molar-refractivity contribution in [2.45, 2.75) is 44.0 Å². The third-order valence-corrected chi connectivity index (χ3v) is 6.41. The van der Waals surface area contributed by atoms with E-state index in [2.05, 4.69) is 28.8 Å². The van der Waals surface area contributed by atoms with Gasteiger partial charge in [0.25, 0.3) is 0 Å². The van der Waals surface area contributed by atoms with Crippen molar-refractivity contribution in [3.8, 4) is 6.07 Å². The number of hydrogen-bond acceptors (Lipinski definition) is 6. The zero-order chi connectivity index (χ0) is 27.7. The molecular formula is C31H36BN3O4. The number of nitrogens with zero attached hydrogens (tertiary/aromatic N) is 1. The van der Waals surface area contributed by atoms with E-state index >= 15 is 0 Å². The highest BCUT2D eigenvalue weighted by molar-refractivity contribution is 6.57. The first-order valence-corrected chi connectivity index (χ1v) is 13.1. The summed E-state index contributed by atoms with van der Waals surface area (Å²) in [5.74, 6) is -0.617. The molecule has 39 heavy (non-hydrogen) atoms. The van der Waals surface area contributed by atoms with Crippen molar-refractivity contribution < 1.29 is 19.0 Å². The molecule has 7 nitrogen and oxygen atoms in total. The van der Waals surface area contributed by atoms with Gasteiger partial charge in [0.05, 0.1) is 37.0 Å². The number of hydrogen-bond donors (Lipinski definition) is 2. The number of nitrogens with one attached hydrogen (secondary N) is 2. The van der Waals surface area contributed by atoms with E-state index in [1.165, 1.54) is 5.56 Å². The van der Waals surface area contributed by atoms with Crippen LogP contribution in [0.5, 0.6) is 0 Å². The number of benzene rings is 3. The fourth-order valence-corrected chi connectivity index (χ4v) is 4.49. The minimum absolute atomic E-state index is 0.0349. The van der Waals surface area contributed by atoms with Crippen molar-refractivity contribution in [1.82, 2.24) is 10.6 Å². The lowest BCUT2D eigenvalue weighted by Gasteiger charge is -2.35. The van der Waals surface area contributed by atoms with E-state index in [1.807, 2.05) is 66.7 Å². The molecule has 0 bridgehead atoms. The standard InChI is InChI=1S/C31H36BN3O4/c1-37-17-18-38-23-39-30(29(35-31(32)36)20-25-11-6-3-7-12-25)28(16-15-24-9-4-2-5-10-24)34-22-27-14-8-13-26(19-27)21-33/h2-14,19,28-30,34H,15-18,20,22-23H2,1H3,(H,35,36)/t28-,29-,30-/m1/s1. The molecule has 3 rings (SSSR count). The highest BCUT2D eigenvalue weighted by Crippen LogP contribution is 2.18. The second kappa shape index (κ2) is 17.2. The first-order valence-electron chi connectivity index (χ1n) is 13.1. The SMILES string of the molecule is [B]C(=O)N[C@H](Cc1ccccc1)[C@H](OCOCCOC)[C@@H](CCc1ccccc1)NCc1cccc(C#N)c1. The van der Waals surface area contributed by atoms with Crippen molar-refractivity contribution in [2.24, 2.45) is 0 Å². The normalized spacial score (nSPS) is 13.2. The van der Waals surface area contributed by atoms with Crippen molar-refractivity contribution in [3.63, 3.8) is 0 Å². The second-order valence-electron chi connectivity index (χ2n) is 9.28. The number of carbonyl (C=O) groups is 1. The van der Waals surface area contributed by atoms with Crippen molar-refractivity contribution in [2.75, 3.05) is 27.1 Å². The van der Waals surface area contributed by atoms with E-state index in [-0.39, 0.29) is 12.8 Å². The molecule has 0 saturated carbocycles. The molecule has 1 amide bonds. The predicted molar refractivity (Wildman–Crippen MR) is 152 cm³/mol. The van der Waals surface area contributed by atoms with Crippen LogP contribution in [0, 0.1) is 11.3 Å². The molecule has 202 valence electrons. The van der Waals surface area contributed by atoms with Gasteiger partial charge in [-0.05, 0) is 48.1 Å². The molecule has 3 aromatic rings. The first-order chi connectivity index (χ1) is 19.1. The quantitative estimate of drug-likeness (QED) is 0.156. The van der Waals surface area contributed by atoms with Crippen LogP contribution >= 0.6 is 0 Å². The highest BCUT2D eigenvalue weighted by atomic mass is 16.7. The predicted octanol–water partition coefficient (Wildman–Crippen LogP) is 4.14. The molecule has 8 heteroatoms. The zero-order valence-corrected chi connectivity index (χ0v) is 22.4. The van der Waals surface area contributed by atoms with Gasteiger partial charge in [-0.3, -0.25) is 4.79 Å². The Hall–Kier alpha value is -3.48. The maximum absolute atomic E-state index is 12.1. The van der Waals surface area contributed by atoms with Crippen LogP contribution in [0.1, 0.15) is 28.7 Å². The van der Waals surface area contributed by atoms with Gasteiger partial charge in [0.15, 0.2) is 5.81 Å². The highest BCUT2D eigenvalue weighted by Gasteiger charge is 2.31. The third kappa shape index (κ3) is 11.0. The third-order valence-electron chi connectivity index (χ3n) is 6.41. The summed E-state index contributed by atoms with van der Waals surface area (Å²) in [5, 5.41) is 15.9. The molecule has 2 N–H and O–H groups in total. The summed E-state index contributed by atoms with van der Waals surface area (Å²) >= 11 is 0. The number of methoxy groups -OCH3 is 1. The largest absolute Gasteiger partial charge is 0.382 e. The van der Waals surface area contributed by atoms with Gasteiger partial charge in [-0.15, -0.1) is 0 Å². The zero-order valence-electron chi connectivity index (χ0n) is 22.4. The van der Waals surface area contributed by atoms with Gasteiger partial charge in [-0.25, -0.2) is 0 Å². The molecule has 3 atom stereocenters. The Kier molecular flexibility index (Phi) is 13.2. The van der Waals surface area contributed by atoms with Crippen LogP contribution in [0.3, 0.4) is 0 Å². The molecule has 0 unspecified atom stereocenters. The number of nitriles is 1. The van der Waals surface area contributed by atoms with Crippen LogP contribution in [-0.4, -0.2) is 59.0 Å². The molecule has 3 aromatic carbocycles. The Bertz CT molecular complexity index is 1160. The first kappa shape index (κ1) is 30.1. The fraction of sp³-hybridized carbons (Fsp3) is 0.355. The summed E-state index contributed by atoms with van der Waals surface area (Å²) in [5.41, 5.74) is 3.84. The average molecular weight is 525 g/mol. The molecule has 0 fully saturated rings. The molecule has 0 aliphatic heterocycles. The Morgan fingerprint density at radius 2 is 1.62 bits per heavy atom. The second-order valence-corrected chi connectivity index (χ2v) is 9.28. The summed E-state index contributed by atoms with van der Waals surface area (Å²) < 4.78 is 17.1. The molecule has 0 aliphatic carbocycles. The van der Waals surface area contributed by atoms with E-state index in [0.29, 0.717) is 31.7 Å². The summed E-state index contributed by atoms with van der Waals surface area (Å²) in [6.07, 6.45) is 1.59. The smallest absolute Gasteiger partial charge is 0.200 e. The monoisotopic (exact) mass is 525 g/mol. The van der Waals surface area contributed by atoms with E-state index in [1.54, 1.807) is 13.2 Å². The van der Waals surface area contributed by atoms with Crippen molar-refractivity contribution in [3.05, 3.63) is 107 Å². The van der Waals surface area contributed by atoms with E-state index < -0.39 is 18.0 Å². The maximum Gasteiger partial charge on any atom is 0.200 e. The summed E-state index contributed by atoms with van der Waals surface area (Å²) in [6, 6.07) is 29.3. The number of carbonyl (C=O) groups excluding carboxylic acids is 1. The molecule has 0 spiro atoms. The van der Waals surface area contributed by atoms with E-state index in [9.17, 15) is 10.1 Å². The Balaban J connectivity index is 1.88. The van der Waals surface area contributed by atoms with Crippen LogP contribution < -0.4 is 10.6 Å². The number of rotatable bonds is 17.